The Morgan fingerprint density at radius 3 is 2.30 bits per heavy atom. The maximum absolute atomic E-state index is 12.5. The molecule has 1 spiro atoms. The fraction of sp³-hybridized carbons (Fsp3) is 0.611. The molecule has 1 aromatic rings. The van der Waals surface area contributed by atoms with Gasteiger partial charge in [-0.1, -0.05) is 19.3 Å². The van der Waals surface area contributed by atoms with Crippen molar-refractivity contribution < 1.29 is 9.53 Å². The monoisotopic (exact) mass is 332 g/mol. The Labute approximate surface area is 142 Å². The van der Waals surface area contributed by atoms with E-state index in [2.05, 4.69) is 34.1 Å². The number of thioether (sulfide) groups is 1. The molecule has 2 heterocycles. The Bertz CT molecular complexity index is 563. The summed E-state index contributed by atoms with van der Waals surface area (Å²) in [6.07, 6.45) is 6.05. The molecule has 5 heteroatoms. The van der Waals surface area contributed by atoms with E-state index in [1.807, 2.05) is 11.8 Å². The van der Waals surface area contributed by atoms with Crippen molar-refractivity contribution in [3.05, 3.63) is 24.3 Å². The lowest BCUT2D eigenvalue weighted by Gasteiger charge is -2.40. The van der Waals surface area contributed by atoms with Crippen molar-refractivity contribution in [2.24, 2.45) is 0 Å². The molecule has 0 unspecified atom stereocenters. The zero-order valence-corrected chi connectivity index (χ0v) is 14.3. The summed E-state index contributed by atoms with van der Waals surface area (Å²) in [7, 11) is 0. The highest BCUT2D eigenvalue weighted by Crippen LogP contribution is 2.49. The second-order valence-corrected chi connectivity index (χ2v) is 7.98. The molecule has 1 saturated carbocycles. The molecular formula is C18H24N2O2S. The van der Waals surface area contributed by atoms with Gasteiger partial charge in [0, 0.05) is 24.5 Å². The van der Waals surface area contributed by atoms with E-state index in [1.54, 1.807) is 0 Å². The van der Waals surface area contributed by atoms with E-state index >= 15 is 0 Å². The number of carbonyl (C=O) groups excluding carboxylic acids is 1. The molecular weight excluding hydrogens is 308 g/mol. The van der Waals surface area contributed by atoms with Gasteiger partial charge in [-0.15, -0.1) is 11.8 Å². The van der Waals surface area contributed by atoms with Crippen molar-refractivity contribution in [1.29, 1.82) is 0 Å². The summed E-state index contributed by atoms with van der Waals surface area (Å²) >= 11 is 1.86. The molecule has 3 fully saturated rings. The largest absolute Gasteiger partial charge is 0.378 e. The van der Waals surface area contributed by atoms with Crippen LogP contribution in [-0.2, 0) is 9.53 Å². The zero-order chi connectivity index (χ0) is 15.7. The number of anilines is 2. The normalized spacial score (nSPS) is 24.4. The summed E-state index contributed by atoms with van der Waals surface area (Å²) in [4.78, 5) is 17.0. The average Bonchev–Trinajstić information content (AvgIpc) is 2.92. The van der Waals surface area contributed by atoms with Crippen LogP contribution in [-0.4, -0.2) is 42.8 Å². The van der Waals surface area contributed by atoms with Gasteiger partial charge >= 0.3 is 0 Å². The number of hydrogen-bond acceptors (Lipinski definition) is 4. The Morgan fingerprint density at radius 1 is 0.957 bits per heavy atom. The van der Waals surface area contributed by atoms with Crippen molar-refractivity contribution in [3.8, 4) is 0 Å². The third-order valence-electron chi connectivity index (χ3n) is 5.24. The molecule has 0 aromatic heterocycles. The highest BCUT2D eigenvalue weighted by molar-refractivity contribution is 8.02. The summed E-state index contributed by atoms with van der Waals surface area (Å²) in [6.45, 7) is 3.49. The lowest BCUT2D eigenvalue weighted by atomic mass is 9.93. The van der Waals surface area contributed by atoms with Crippen molar-refractivity contribution in [2.45, 2.75) is 37.0 Å². The van der Waals surface area contributed by atoms with Crippen LogP contribution in [0, 0.1) is 0 Å². The van der Waals surface area contributed by atoms with E-state index in [0.29, 0.717) is 5.75 Å². The molecule has 2 aliphatic heterocycles. The van der Waals surface area contributed by atoms with Gasteiger partial charge in [0.2, 0.25) is 5.91 Å². The lowest BCUT2D eigenvalue weighted by Crippen LogP contribution is -2.45. The molecule has 1 aliphatic carbocycles. The first-order valence-corrected chi connectivity index (χ1v) is 9.67. The third-order valence-corrected chi connectivity index (χ3v) is 6.76. The SMILES string of the molecule is O=C1CSC2(CCCCC2)N1c1ccc(N2CCOCC2)cc1. The number of morpholine rings is 1. The molecule has 3 aliphatic rings. The fourth-order valence-electron chi connectivity index (χ4n) is 4.04. The second kappa shape index (κ2) is 6.36. The summed E-state index contributed by atoms with van der Waals surface area (Å²) in [5.74, 6) is 0.904. The Morgan fingerprint density at radius 2 is 1.61 bits per heavy atom. The van der Waals surface area contributed by atoms with Gasteiger partial charge in [0.25, 0.3) is 0 Å². The summed E-state index contributed by atoms with van der Waals surface area (Å²) in [5, 5.41) is 0. The number of carbonyl (C=O) groups is 1. The van der Waals surface area contributed by atoms with Gasteiger partial charge in [0.05, 0.1) is 23.8 Å². The van der Waals surface area contributed by atoms with Gasteiger partial charge in [-0.05, 0) is 37.1 Å². The van der Waals surface area contributed by atoms with Crippen molar-refractivity contribution in [2.75, 3.05) is 41.9 Å². The molecule has 0 radical (unpaired) electrons. The predicted octanol–water partition coefficient (Wildman–Crippen LogP) is 3.26. The Balaban J connectivity index is 1.57. The molecule has 0 N–H and O–H groups in total. The molecule has 4 nitrogen and oxygen atoms in total. The fourth-order valence-corrected chi connectivity index (χ4v) is 5.47. The Hall–Kier alpha value is -1.20. The summed E-state index contributed by atoms with van der Waals surface area (Å²) < 4.78 is 5.42. The zero-order valence-electron chi connectivity index (χ0n) is 13.5. The van der Waals surface area contributed by atoms with Gasteiger partial charge < -0.3 is 9.64 Å². The van der Waals surface area contributed by atoms with E-state index < -0.39 is 0 Å². The van der Waals surface area contributed by atoms with Crippen molar-refractivity contribution >= 4 is 29.0 Å². The van der Waals surface area contributed by atoms with E-state index in [0.717, 1.165) is 44.8 Å². The number of amides is 1. The quantitative estimate of drug-likeness (QED) is 0.832. The number of hydrogen-bond donors (Lipinski definition) is 0. The van der Waals surface area contributed by atoms with E-state index in [4.69, 9.17) is 4.74 Å². The molecule has 124 valence electrons. The highest BCUT2D eigenvalue weighted by Gasteiger charge is 2.47. The van der Waals surface area contributed by atoms with Gasteiger partial charge in [-0.25, -0.2) is 0 Å². The van der Waals surface area contributed by atoms with Gasteiger partial charge in [-0.2, -0.15) is 0 Å². The van der Waals surface area contributed by atoms with Gasteiger partial charge in [0.15, 0.2) is 0 Å². The smallest absolute Gasteiger partial charge is 0.238 e. The number of rotatable bonds is 2. The molecule has 0 bridgehead atoms. The van der Waals surface area contributed by atoms with E-state index in [9.17, 15) is 4.79 Å². The van der Waals surface area contributed by atoms with Crippen LogP contribution in [0.3, 0.4) is 0 Å². The van der Waals surface area contributed by atoms with E-state index in [1.165, 1.54) is 24.9 Å². The minimum atomic E-state index is 0.0236. The van der Waals surface area contributed by atoms with Crippen LogP contribution in [0.2, 0.25) is 0 Å². The summed E-state index contributed by atoms with van der Waals surface area (Å²) in [6, 6.07) is 8.58. The van der Waals surface area contributed by atoms with Crippen LogP contribution in [0.5, 0.6) is 0 Å². The molecule has 1 aromatic carbocycles. The average molecular weight is 332 g/mol. The van der Waals surface area contributed by atoms with Crippen LogP contribution in [0.1, 0.15) is 32.1 Å². The maximum Gasteiger partial charge on any atom is 0.238 e. The summed E-state index contributed by atoms with van der Waals surface area (Å²) in [5.41, 5.74) is 2.30. The topological polar surface area (TPSA) is 32.8 Å². The van der Waals surface area contributed by atoms with Crippen LogP contribution in [0.15, 0.2) is 24.3 Å². The maximum atomic E-state index is 12.5. The minimum absolute atomic E-state index is 0.0236. The number of ether oxygens (including phenoxy) is 1. The van der Waals surface area contributed by atoms with Crippen molar-refractivity contribution in [1.82, 2.24) is 0 Å². The van der Waals surface area contributed by atoms with Crippen LogP contribution >= 0.6 is 11.8 Å². The second-order valence-electron chi connectivity index (χ2n) is 6.64. The molecule has 2 saturated heterocycles. The van der Waals surface area contributed by atoms with Crippen LogP contribution in [0.4, 0.5) is 11.4 Å². The number of nitrogens with zero attached hydrogens (tertiary/aromatic N) is 2. The Kier molecular flexibility index (Phi) is 4.24. The molecule has 0 atom stereocenters. The van der Waals surface area contributed by atoms with Crippen LogP contribution in [0.25, 0.3) is 0 Å². The van der Waals surface area contributed by atoms with Crippen LogP contribution < -0.4 is 9.80 Å². The highest BCUT2D eigenvalue weighted by atomic mass is 32.2. The predicted molar refractivity (Wildman–Crippen MR) is 95.2 cm³/mol. The van der Waals surface area contributed by atoms with Gasteiger partial charge in [-0.3, -0.25) is 9.69 Å². The molecule has 23 heavy (non-hydrogen) atoms. The first-order valence-electron chi connectivity index (χ1n) is 8.68. The standard InChI is InChI=1S/C18H24N2O2S/c21-17-14-23-18(8-2-1-3-9-18)20(17)16-6-4-15(5-7-16)19-10-12-22-13-11-19/h4-7H,1-3,8-14H2. The first kappa shape index (κ1) is 15.3. The van der Waals surface area contributed by atoms with Gasteiger partial charge in [0.1, 0.15) is 0 Å². The molecule has 1 amide bonds. The lowest BCUT2D eigenvalue weighted by molar-refractivity contribution is -0.116. The minimum Gasteiger partial charge on any atom is -0.378 e. The first-order chi connectivity index (χ1) is 11.3. The van der Waals surface area contributed by atoms with Crippen molar-refractivity contribution in [3.63, 3.8) is 0 Å². The number of benzene rings is 1. The van der Waals surface area contributed by atoms with E-state index in [-0.39, 0.29) is 10.8 Å². The molecule has 4 rings (SSSR count). The third kappa shape index (κ3) is 2.85.